The minimum Gasteiger partial charge on any atom is -0.497 e. The van der Waals surface area contributed by atoms with Crippen molar-refractivity contribution in [1.29, 1.82) is 0 Å². The molecule has 0 saturated carbocycles. The third-order valence-corrected chi connectivity index (χ3v) is 4.87. The van der Waals surface area contributed by atoms with E-state index in [-0.39, 0.29) is 11.8 Å². The zero-order chi connectivity index (χ0) is 14.8. The Labute approximate surface area is 126 Å². The van der Waals surface area contributed by atoms with E-state index in [2.05, 4.69) is 10.2 Å². The van der Waals surface area contributed by atoms with Crippen LogP contribution in [0.2, 0.25) is 0 Å². The molecule has 114 valence electrons. The molecule has 2 fully saturated rings. The Morgan fingerprint density at radius 1 is 1.33 bits per heavy atom. The van der Waals surface area contributed by atoms with Gasteiger partial charge < -0.3 is 15.0 Å². The zero-order valence-corrected chi connectivity index (χ0v) is 12.8. The summed E-state index contributed by atoms with van der Waals surface area (Å²) in [5, 5.41) is 3.45. The largest absolute Gasteiger partial charge is 0.497 e. The average Bonchev–Trinajstić information content (AvgIpc) is 2.79. The van der Waals surface area contributed by atoms with Crippen LogP contribution in [0.4, 0.5) is 0 Å². The molecule has 3 atom stereocenters. The number of hydrogen-bond acceptors (Lipinski definition) is 3. The lowest BCUT2D eigenvalue weighted by Crippen LogP contribution is -2.44. The Morgan fingerprint density at radius 3 is 2.95 bits per heavy atom. The Morgan fingerprint density at radius 2 is 2.14 bits per heavy atom. The minimum atomic E-state index is -0.110. The molecule has 3 rings (SSSR count). The lowest BCUT2D eigenvalue weighted by Gasteiger charge is -2.30. The first-order chi connectivity index (χ1) is 10.2. The summed E-state index contributed by atoms with van der Waals surface area (Å²) < 4.78 is 5.27. The van der Waals surface area contributed by atoms with Crippen LogP contribution in [0.25, 0.3) is 0 Å². The number of fused-ring (bicyclic) bond motifs is 2. The predicted molar refractivity (Wildman–Crippen MR) is 82.6 cm³/mol. The number of nitrogens with zero attached hydrogens (tertiary/aromatic N) is 1. The molecule has 0 aromatic heterocycles. The lowest BCUT2D eigenvalue weighted by atomic mass is 9.98. The molecule has 2 heterocycles. The van der Waals surface area contributed by atoms with Gasteiger partial charge in [-0.05, 0) is 50.4 Å². The summed E-state index contributed by atoms with van der Waals surface area (Å²) >= 11 is 0. The van der Waals surface area contributed by atoms with Gasteiger partial charge in [0.15, 0.2) is 0 Å². The van der Waals surface area contributed by atoms with E-state index in [1.54, 1.807) is 7.11 Å². The van der Waals surface area contributed by atoms with E-state index in [0.717, 1.165) is 43.7 Å². The standard InChI is InChI=1S/C17H24N2O2/c1-12(13-4-3-5-16(10-13)21-2)17(20)19-14-6-7-15(19)11-18-9-8-14/h3-5,10,12,14-15,18H,6-9,11H2,1-2H3. The van der Waals surface area contributed by atoms with E-state index in [1.807, 2.05) is 31.2 Å². The van der Waals surface area contributed by atoms with Crippen molar-refractivity contribution in [2.75, 3.05) is 20.2 Å². The summed E-state index contributed by atoms with van der Waals surface area (Å²) in [6.07, 6.45) is 3.37. The summed E-state index contributed by atoms with van der Waals surface area (Å²) in [6, 6.07) is 8.66. The summed E-state index contributed by atoms with van der Waals surface area (Å²) in [5.41, 5.74) is 1.04. The number of amides is 1. The van der Waals surface area contributed by atoms with Gasteiger partial charge in [-0.15, -0.1) is 0 Å². The van der Waals surface area contributed by atoms with Gasteiger partial charge >= 0.3 is 0 Å². The van der Waals surface area contributed by atoms with Crippen LogP contribution in [0.3, 0.4) is 0 Å². The molecule has 21 heavy (non-hydrogen) atoms. The highest BCUT2D eigenvalue weighted by atomic mass is 16.5. The fraction of sp³-hybridized carbons (Fsp3) is 0.588. The van der Waals surface area contributed by atoms with E-state index in [4.69, 9.17) is 4.74 Å². The van der Waals surface area contributed by atoms with Crippen LogP contribution in [0.5, 0.6) is 5.75 Å². The number of hydrogen-bond donors (Lipinski definition) is 1. The average molecular weight is 288 g/mol. The van der Waals surface area contributed by atoms with E-state index < -0.39 is 0 Å². The van der Waals surface area contributed by atoms with Crippen LogP contribution >= 0.6 is 0 Å². The fourth-order valence-corrected chi connectivity index (χ4v) is 3.62. The van der Waals surface area contributed by atoms with Crippen LogP contribution in [0, 0.1) is 0 Å². The van der Waals surface area contributed by atoms with Gasteiger partial charge in [-0.3, -0.25) is 4.79 Å². The summed E-state index contributed by atoms with van der Waals surface area (Å²) in [5.74, 6) is 0.966. The molecule has 1 amide bonds. The van der Waals surface area contributed by atoms with Crippen LogP contribution < -0.4 is 10.1 Å². The van der Waals surface area contributed by atoms with Gasteiger partial charge in [-0.25, -0.2) is 0 Å². The maximum absolute atomic E-state index is 13.0. The second-order valence-corrected chi connectivity index (χ2v) is 6.12. The van der Waals surface area contributed by atoms with Gasteiger partial charge in [0.25, 0.3) is 0 Å². The molecule has 1 aromatic carbocycles. The van der Waals surface area contributed by atoms with Gasteiger partial charge in [0.2, 0.25) is 5.91 Å². The molecule has 3 unspecified atom stereocenters. The lowest BCUT2D eigenvalue weighted by molar-refractivity contribution is -0.135. The van der Waals surface area contributed by atoms with Gasteiger partial charge in [0.1, 0.15) is 5.75 Å². The monoisotopic (exact) mass is 288 g/mol. The minimum absolute atomic E-state index is 0.110. The van der Waals surface area contributed by atoms with Crippen molar-refractivity contribution in [2.45, 2.75) is 44.2 Å². The van der Waals surface area contributed by atoms with E-state index in [9.17, 15) is 4.79 Å². The topological polar surface area (TPSA) is 41.6 Å². The number of rotatable bonds is 3. The van der Waals surface area contributed by atoms with E-state index >= 15 is 0 Å². The first kappa shape index (κ1) is 14.4. The highest BCUT2D eigenvalue weighted by Crippen LogP contribution is 2.32. The normalized spacial score (nSPS) is 26.3. The van der Waals surface area contributed by atoms with Gasteiger partial charge in [0.05, 0.1) is 13.0 Å². The molecule has 2 aliphatic heterocycles. The number of ether oxygens (including phenoxy) is 1. The third-order valence-electron chi connectivity index (χ3n) is 4.87. The molecule has 0 aliphatic carbocycles. The number of nitrogens with one attached hydrogen (secondary N) is 1. The first-order valence-electron chi connectivity index (χ1n) is 7.87. The highest BCUT2D eigenvalue weighted by molar-refractivity contribution is 5.84. The number of carbonyl (C=O) groups excluding carboxylic acids is 1. The molecular weight excluding hydrogens is 264 g/mol. The second kappa shape index (κ2) is 6.06. The van der Waals surface area contributed by atoms with Crippen molar-refractivity contribution >= 4 is 5.91 Å². The zero-order valence-electron chi connectivity index (χ0n) is 12.8. The third kappa shape index (κ3) is 2.77. The van der Waals surface area contributed by atoms with Gasteiger partial charge in [0, 0.05) is 18.6 Å². The van der Waals surface area contributed by atoms with Crippen molar-refractivity contribution < 1.29 is 9.53 Å². The van der Waals surface area contributed by atoms with Crippen molar-refractivity contribution in [3.8, 4) is 5.75 Å². The Hall–Kier alpha value is -1.55. The second-order valence-electron chi connectivity index (χ2n) is 6.12. The molecule has 1 aromatic rings. The van der Waals surface area contributed by atoms with Crippen molar-refractivity contribution in [3.63, 3.8) is 0 Å². The van der Waals surface area contributed by atoms with Crippen LogP contribution in [-0.2, 0) is 4.79 Å². The van der Waals surface area contributed by atoms with Crippen molar-refractivity contribution in [1.82, 2.24) is 10.2 Å². The van der Waals surface area contributed by atoms with E-state index in [0.29, 0.717) is 12.1 Å². The van der Waals surface area contributed by atoms with Crippen LogP contribution in [-0.4, -0.2) is 43.1 Å². The Kier molecular flexibility index (Phi) is 4.15. The molecule has 2 bridgehead atoms. The SMILES string of the molecule is COc1cccc(C(C)C(=O)N2C3CCNCC2CC3)c1. The maximum atomic E-state index is 13.0. The number of benzene rings is 1. The van der Waals surface area contributed by atoms with Crippen molar-refractivity contribution in [2.24, 2.45) is 0 Å². The van der Waals surface area contributed by atoms with Gasteiger partial charge in [-0.1, -0.05) is 12.1 Å². The Bertz CT molecular complexity index is 503. The smallest absolute Gasteiger partial charge is 0.230 e. The summed E-state index contributed by atoms with van der Waals surface area (Å²) in [7, 11) is 1.66. The summed E-state index contributed by atoms with van der Waals surface area (Å²) in [6.45, 7) is 3.97. The molecule has 0 spiro atoms. The quantitative estimate of drug-likeness (QED) is 0.926. The molecule has 2 saturated heterocycles. The molecule has 1 N–H and O–H groups in total. The van der Waals surface area contributed by atoms with Crippen LogP contribution in [0.15, 0.2) is 24.3 Å². The predicted octanol–water partition coefficient (Wildman–Crippen LogP) is 2.15. The summed E-state index contributed by atoms with van der Waals surface area (Å²) in [4.78, 5) is 15.1. The van der Waals surface area contributed by atoms with E-state index in [1.165, 1.54) is 0 Å². The fourth-order valence-electron chi connectivity index (χ4n) is 3.62. The van der Waals surface area contributed by atoms with Gasteiger partial charge in [-0.2, -0.15) is 0 Å². The molecular formula is C17H24N2O2. The molecule has 0 radical (unpaired) electrons. The first-order valence-corrected chi connectivity index (χ1v) is 7.87. The number of methoxy groups -OCH3 is 1. The number of carbonyl (C=O) groups is 1. The van der Waals surface area contributed by atoms with Crippen molar-refractivity contribution in [3.05, 3.63) is 29.8 Å². The highest BCUT2D eigenvalue weighted by Gasteiger charge is 2.39. The maximum Gasteiger partial charge on any atom is 0.230 e. The molecule has 4 nitrogen and oxygen atoms in total. The molecule has 4 heteroatoms. The Balaban J connectivity index is 1.80. The molecule has 2 aliphatic rings. The van der Waals surface area contributed by atoms with Crippen LogP contribution in [0.1, 0.15) is 37.7 Å².